The molecule has 3 aromatic rings. The Morgan fingerprint density at radius 1 is 1.13 bits per heavy atom. The number of amides is 1. The standard InChI is InChI=1S/C23H23N3O3.H3N/c1-26(23(27)21(25)16-8-6-9-18(12-16)28-2)14-20-19-10-5-4-7-15(19)11-17(13-24)22(20)29-3;/h4-12,21H,14,25H2,1-3H3;1H3. The molecule has 1 atom stereocenters. The van der Waals surface area contributed by atoms with Crippen molar-refractivity contribution in [1.29, 1.82) is 5.26 Å². The molecule has 0 saturated carbocycles. The Morgan fingerprint density at radius 2 is 1.87 bits per heavy atom. The van der Waals surface area contributed by atoms with E-state index < -0.39 is 6.04 Å². The first-order chi connectivity index (χ1) is 14.0. The van der Waals surface area contributed by atoms with Crippen LogP contribution in [-0.4, -0.2) is 32.1 Å². The molecule has 7 nitrogen and oxygen atoms in total. The number of hydrogen-bond donors (Lipinski definition) is 2. The predicted octanol–water partition coefficient (Wildman–Crippen LogP) is 3.55. The van der Waals surface area contributed by atoms with Crippen LogP contribution >= 0.6 is 0 Å². The molecule has 0 aliphatic carbocycles. The summed E-state index contributed by atoms with van der Waals surface area (Å²) in [4.78, 5) is 14.5. The minimum absolute atomic E-state index is 0. The molecule has 156 valence electrons. The van der Waals surface area contributed by atoms with E-state index >= 15 is 0 Å². The van der Waals surface area contributed by atoms with Crippen molar-refractivity contribution in [3.8, 4) is 17.6 Å². The lowest BCUT2D eigenvalue weighted by atomic mass is 9.98. The molecule has 5 N–H and O–H groups in total. The molecule has 0 aliphatic rings. The third-order valence-electron chi connectivity index (χ3n) is 4.92. The lowest BCUT2D eigenvalue weighted by Gasteiger charge is -2.24. The van der Waals surface area contributed by atoms with Gasteiger partial charge in [-0.05, 0) is 34.5 Å². The molecule has 0 bridgehead atoms. The van der Waals surface area contributed by atoms with Gasteiger partial charge in [-0.25, -0.2) is 0 Å². The zero-order valence-electron chi connectivity index (χ0n) is 17.4. The lowest BCUT2D eigenvalue weighted by Crippen LogP contribution is -2.35. The summed E-state index contributed by atoms with van der Waals surface area (Å²) in [7, 11) is 4.78. The molecule has 0 aromatic heterocycles. The summed E-state index contributed by atoms with van der Waals surface area (Å²) in [5.74, 6) is 0.871. The van der Waals surface area contributed by atoms with Crippen LogP contribution in [0.5, 0.6) is 11.5 Å². The van der Waals surface area contributed by atoms with E-state index in [1.807, 2.05) is 24.3 Å². The van der Waals surface area contributed by atoms with Gasteiger partial charge >= 0.3 is 0 Å². The summed E-state index contributed by atoms with van der Waals surface area (Å²) in [6.45, 7) is 0.260. The number of rotatable bonds is 6. The first-order valence-electron chi connectivity index (χ1n) is 9.13. The Kier molecular flexibility index (Phi) is 7.37. The average Bonchev–Trinajstić information content (AvgIpc) is 2.77. The molecule has 3 rings (SSSR count). The summed E-state index contributed by atoms with van der Waals surface area (Å²) in [5.41, 5.74) is 8.10. The number of carbonyl (C=O) groups excluding carboxylic acids is 1. The number of nitriles is 1. The van der Waals surface area contributed by atoms with Crippen molar-refractivity contribution in [3.63, 3.8) is 0 Å². The highest BCUT2D eigenvalue weighted by Gasteiger charge is 2.23. The van der Waals surface area contributed by atoms with Crippen LogP contribution in [0.25, 0.3) is 10.8 Å². The Labute approximate surface area is 176 Å². The summed E-state index contributed by atoms with van der Waals surface area (Å²) < 4.78 is 10.7. The number of likely N-dealkylation sites (N-methyl/N-ethyl adjacent to an activating group) is 1. The normalized spacial score (nSPS) is 11.2. The van der Waals surface area contributed by atoms with Gasteiger partial charge in [0, 0.05) is 19.2 Å². The molecule has 7 heteroatoms. The zero-order chi connectivity index (χ0) is 21.0. The molecule has 1 unspecified atom stereocenters. The van der Waals surface area contributed by atoms with Crippen LogP contribution in [0, 0.1) is 11.3 Å². The second-order valence-corrected chi connectivity index (χ2v) is 6.72. The Morgan fingerprint density at radius 3 is 2.53 bits per heavy atom. The van der Waals surface area contributed by atoms with Crippen LogP contribution in [0.3, 0.4) is 0 Å². The predicted molar refractivity (Wildman–Crippen MR) is 117 cm³/mol. The van der Waals surface area contributed by atoms with E-state index in [2.05, 4.69) is 6.07 Å². The van der Waals surface area contributed by atoms with Crippen LogP contribution in [0.2, 0.25) is 0 Å². The van der Waals surface area contributed by atoms with Crippen molar-refractivity contribution in [1.82, 2.24) is 11.1 Å². The van der Waals surface area contributed by atoms with Crippen molar-refractivity contribution in [2.45, 2.75) is 12.6 Å². The number of carbonyl (C=O) groups is 1. The summed E-state index contributed by atoms with van der Waals surface area (Å²) in [6.07, 6.45) is 0. The van der Waals surface area contributed by atoms with Crippen molar-refractivity contribution >= 4 is 16.7 Å². The molecule has 0 saturated heterocycles. The van der Waals surface area contributed by atoms with Gasteiger partial charge in [0.2, 0.25) is 5.91 Å². The first kappa shape index (κ1) is 22.7. The van der Waals surface area contributed by atoms with E-state index in [1.165, 1.54) is 7.11 Å². The van der Waals surface area contributed by atoms with Gasteiger partial charge in [-0.2, -0.15) is 5.26 Å². The fourth-order valence-corrected chi connectivity index (χ4v) is 3.41. The summed E-state index contributed by atoms with van der Waals surface area (Å²) >= 11 is 0. The highest BCUT2D eigenvalue weighted by Crippen LogP contribution is 2.33. The van der Waals surface area contributed by atoms with Crippen molar-refractivity contribution < 1.29 is 14.3 Å². The zero-order valence-corrected chi connectivity index (χ0v) is 17.4. The molecule has 0 radical (unpaired) electrons. The van der Waals surface area contributed by atoms with Gasteiger partial charge in [0.1, 0.15) is 23.6 Å². The van der Waals surface area contributed by atoms with Crippen molar-refractivity contribution in [2.75, 3.05) is 21.3 Å². The van der Waals surface area contributed by atoms with Crippen LogP contribution in [0.4, 0.5) is 0 Å². The van der Waals surface area contributed by atoms with E-state index in [1.54, 1.807) is 49.4 Å². The van der Waals surface area contributed by atoms with E-state index in [4.69, 9.17) is 15.2 Å². The third kappa shape index (κ3) is 4.35. The Balaban J connectivity index is 0.00000320. The van der Waals surface area contributed by atoms with E-state index in [-0.39, 0.29) is 18.6 Å². The molecule has 3 aromatic carbocycles. The van der Waals surface area contributed by atoms with Gasteiger partial charge < -0.3 is 26.3 Å². The van der Waals surface area contributed by atoms with Crippen LogP contribution in [-0.2, 0) is 11.3 Å². The lowest BCUT2D eigenvalue weighted by molar-refractivity contribution is -0.131. The molecule has 0 spiro atoms. The monoisotopic (exact) mass is 406 g/mol. The minimum Gasteiger partial charge on any atom is -0.497 e. The average molecular weight is 406 g/mol. The molecule has 30 heavy (non-hydrogen) atoms. The second-order valence-electron chi connectivity index (χ2n) is 6.72. The van der Waals surface area contributed by atoms with Gasteiger partial charge in [0.25, 0.3) is 0 Å². The molecular weight excluding hydrogens is 380 g/mol. The number of ether oxygens (including phenoxy) is 2. The third-order valence-corrected chi connectivity index (χ3v) is 4.92. The Hall–Kier alpha value is -3.60. The molecule has 0 fully saturated rings. The van der Waals surface area contributed by atoms with E-state index in [0.717, 1.165) is 16.3 Å². The second kappa shape index (κ2) is 9.74. The number of fused-ring (bicyclic) bond motifs is 1. The maximum Gasteiger partial charge on any atom is 0.244 e. The van der Waals surface area contributed by atoms with Gasteiger partial charge in [-0.15, -0.1) is 0 Å². The summed E-state index contributed by atoms with van der Waals surface area (Å²) in [5, 5.41) is 11.4. The van der Waals surface area contributed by atoms with Crippen LogP contribution in [0.1, 0.15) is 22.7 Å². The number of benzene rings is 3. The van der Waals surface area contributed by atoms with Gasteiger partial charge in [0.05, 0.1) is 19.8 Å². The van der Waals surface area contributed by atoms with Gasteiger partial charge in [-0.1, -0.05) is 36.4 Å². The largest absolute Gasteiger partial charge is 0.497 e. The number of hydrogen-bond acceptors (Lipinski definition) is 6. The highest BCUT2D eigenvalue weighted by atomic mass is 16.5. The minimum atomic E-state index is -0.827. The molecule has 1 amide bonds. The van der Waals surface area contributed by atoms with Gasteiger partial charge in [-0.3, -0.25) is 4.79 Å². The van der Waals surface area contributed by atoms with Gasteiger partial charge in [0.15, 0.2) is 0 Å². The maximum atomic E-state index is 13.0. The SMILES string of the molecule is COc1cccc(C(N)C(=O)N(C)Cc2c(OC)c(C#N)cc3ccccc23)c1.N. The quantitative estimate of drug-likeness (QED) is 0.645. The smallest absolute Gasteiger partial charge is 0.244 e. The Bertz CT molecular complexity index is 1090. The number of methoxy groups -OCH3 is 2. The molecule has 0 aliphatic heterocycles. The first-order valence-corrected chi connectivity index (χ1v) is 9.13. The fourth-order valence-electron chi connectivity index (χ4n) is 3.41. The van der Waals surface area contributed by atoms with E-state index in [0.29, 0.717) is 22.6 Å². The summed E-state index contributed by atoms with van der Waals surface area (Å²) in [6, 6.07) is 18.0. The topological polar surface area (TPSA) is 124 Å². The maximum absolute atomic E-state index is 13.0. The molecular formula is C23H26N4O3. The van der Waals surface area contributed by atoms with Crippen LogP contribution in [0.15, 0.2) is 54.6 Å². The fraction of sp³-hybridized carbons (Fsp3) is 0.217. The van der Waals surface area contributed by atoms with E-state index in [9.17, 15) is 10.1 Å². The number of nitrogens with two attached hydrogens (primary N) is 1. The molecule has 0 heterocycles. The van der Waals surface area contributed by atoms with Crippen LogP contribution < -0.4 is 21.4 Å². The number of nitrogens with zero attached hydrogens (tertiary/aromatic N) is 2. The highest BCUT2D eigenvalue weighted by molar-refractivity contribution is 5.90. The van der Waals surface area contributed by atoms with Crippen molar-refractivity contribution in [3.05, 3.63) is 71.3 Å². The van der Waals surface area contributed by atoms with Crippen molar-refractivity contribution in [2.24, 2.45) is 5.73 Å².